The van der Waals surface area contributed by atoms with Crippen molar-refractivity contribution in [1.82, 2.24) is 0 Å². The van der Waals surface area contributed by atoms with Crippen molar-refractivity contribution in [1.29, 1.82) is 0 Å². The maximum atomic E-state index is 11.4. The van der Waals surface area contributed by atoms with Gasteiger partial charge in [-0.05, 0) is 18.2 Å². The van der Waals surface area contributed by atoms with Crippen LogP contribution >= 0.6 is 11.6 Å². The molecule has 0 bridgehead atoms. The molecule has 0 aliphatic carbocycles. The molecular weight excluding hydrogens is 250 g/mol. The van der Waals surface area contributed by atoms with Crippen molar-refractivity contribution in [3.63, 3.8) is 0 Å². The normalized spacial score (nSPS) is 10.4. The number of carboxylic acids is 1. The first-order valence-corrected chi connectivity index (χ1v) is 4.69. The molecule has 0 radical (unpaired) electrons. The van der Waals surface area contributed by atoms with E-state index in [0.717, 1.165) is 12.1 Å². The highest BCUT2D eigenvalue weighted by Crippen LogP contribution is 2.25. The van der Waals surface area contributed by atoms with Crippen LogP contribution in [0, 0.1) is 10.1 Å². The first-order valence-electron chi connectivity index (χ1n) is 4.31. The fourth-order valence-electron chi connectivity index (χ4n) is 1.05. The molecule has 6 nitrogen and oxygen atoms in total. The number of nitro benzene ring substituents is 1. The van der Waals surface area contributed by atoms with Crippen molar-refractivity contribution in [2.24, 2.45) is 0 Å². The van der Waals surface area contributed by atoms with Gasteiger partial charge in [-0.3, -0.25) is 14.9 Å². The van der Waals surface area contributed by atoms with Crippen LogP contribution in [-0.2, 0) is 4.79 Å². The Balaban J connectivity index is 3.08. The fraction of sp³-hybridized carbons (Fsp3) is 0. The third-order valence-electron chi connectivity index (χ3n) is 1.80. The summed E-state index contributed by atoms with van der Waals surface area (Å²) in [5.41, 5.74) is -0.403. The first kappa shape index (κ1) is 12.9. The number of hydrogen-bond acceptors (Lipinski definition) is 4. The molecule has 1 aromatic carbocycles. The number of rotatable bonds is 4. The average molecular weight is 256 g/mol. The Bertz CT molecular complexity index is 523. The van der Waals surface area contributed by atoms with Gasteiger partial charge in [-0.15, -0.1) is 0 Å². The molecule has 0 aromatic heterocycles. The number of aliphatic carboxylic acids is 1. The number of nitrogens with zero attached hydrogens (tertiary/aromatic N) is 1. The molecule has 0 unspecified atom stereocenters. The number of carbonyl (C=O) groups is 2. The van der Waals surface area contributed by atoms with Crippen LogP contribution in [0.3, 0.4) is 0 Å². The van der Waals surface area contributed by atoms with Gasteiger partial charge in [-0.25, -0.2) is 4.79 Å². The van der Waals surface area contributed by atoms with Gasteiger partial charge < -0.3 is 5.11 Å². The zero-order valence-electron chi connectivity index (χ0n) is 8.29. The third kappa shape index (κ3) is 3.39. The first-order chi connectivity index (χ1) is 7.91. The summed E-state index contributed by atoms with van der Waals surface area (Å²) < 4.78 is 0. The molecule has 1 N–H and O–H groups in total. The van der Waals surface area contributed by atoms with Crippen LogP contribution in [0.25, 0.3) is 0 Å². The summed E-state index contributed by atoms with van der Waals surface area (Å²) in [6.07, 6.45) is 1.47. The van der Waals surface area contributed by atoms with Crippen LogP contribution in [-0.4, -0.2) is 21.8 Å². The van der Waals surface area contributed by atoms with Gasteiger partial charge in [0.1, 0.15) is 5.02 Å². The second kappa shape index (κ2) is 5.22. The minimum atomic E-state index is -1.28. The Morgan fingerprint density at radius 3 is 2.53 bits per heavy atom. The molecule has 0 atom stereocenters. The van der Waals surface area contributed by atoms with Crippen molar-refractivity contribution in [2.45, 2.75) is 0 Å². The van der Waals surface area contributed by atoms with E-state index in [1.54, 1.807) is 0 Å². The number of carboxylic acid groups (broad SMARTS) is 1. The lowest BCUT2D eigenvalue weighted by Gasteiger charge is -1.98. The Labute approximate surface area is 100 Å². The molecular formula is C10H6ClNO5. The largest absolute Gasteiger partial charge is 0.478 e. The molecule has 0 fully saturated rings. The summed E-state index contributed by atoms with van der Waals surface area (Å²) in [4.78, 5) is 31.5. The van der Waals surface area contributed by atoms with Gasteiger partial charge in [0.15, 0.2) is 5.78 Å². The van der Waals surface area contributed by atoms with Gasteiger partial charge in [0.25, 0.3) is 5.69 Å². The van der Waals surface area contributed by atoms with Crippen molar-refractivity contribution >= 4 is 29.0 Å². The predicted molar refractivity (Wildman–Crippen MR) is 59.2 cm³/mol. The zero-order chi connectivity index (χ0) is 13.0. The number of hydrogen-bond donors (Lipinski definition) is 1. The van der Waals surface area contributed by atoms with E-state index in [4.69, 9.17) is 16.7 Å². The second-order valence-electron chi connectivity index (χ2n) is 2.96. The molecule has 0 heterocycles. The molecule has 88 valence electrons. The van der Waals surface area contributed by atoms with E-state index in [9.17, 15) is 19.7 Å². The summed E-state index contributed by atoms with van der Waals surface area (Å²) in [7, 11) is 0. The molecule has 0 amide bonds. The van der Waals surface area contributed by atoms with E-state index in [1.165, 1.54) is 12.1 Å². The topological polar surface area (TPSA) is 97.5 Å². The monoisotopic (exact) mass is 255 g/mol. The summed E-state index contributed by atoms with van der Waals surface area (Å²) in [5.74, 6) is -1.92. The minimum absolute atomic E-state index is 0.00130. The molecule has 1 aromatic rings. The van der Waals surface area contributed by atoms with E-state index in [0.29, 0.717) is 6.08 Å². The van der Waals surface area contributed by atoms with Gasteiger partial charge >= 0.3 is 5.97 Å². The Hall–Kier alpha value is -2.21. The highest BCUT2D eigenvalue weighted by Gasteiger charge is 2.15. The molecule has 0 spiro atoms. The van der Waals surface area contributed by atoms with Gasteiger partial charge in [-0.2, -0.15) is 0 Å². The number of nitro groups is 1. The molecule has 17 heavy (non-hydrogen) atoms. The number of allylic oxidation sites excluding steroid dienone is 1. The number of carbonyl (C=O) groups excluding carboxylic acids is 1. The van der Waals surface area contributed by atoms with Crippen LogP contribution in [0.5, 0.6) is 0 Å². The molecule has 0 saturated heterocycles. The molecule has 0 aliphatic heterocycles. The fourth-order valence-corrected chi connectivity index (χ4v) is 1.24. The smallest absolute Gasteiger partial charge is 0.328 e. The molecule has 7 heteroatoms. The van der Waals surface area contributed by atoms with Gasteiger partial charge in [-0.1, -0.05) is 11.6 Å². The average Bonchev–Trinajstić information content (AvgIpc) is 2.26. The van der Waals surface area contributed by atoms with Crippen molar-refractivity contribution in [3.8, 4) is 0 Å². The van der Waals surface area contributed by atoms with Crippen molar-refractivity contribution in [3.05, 3.63) is 51.1 Å². The second-order valence-corrected chi connectivity index (χ2v) is 3.37. The van der Waals surface area contributed by atoms with E-state index in [-0.39, 0.29) is 10.6 Å². The van der Waals surface area contributed by atoms with Gasteiger partial charge in [0.2, 0.25) is 0 Å². The standard InChI is InChI=1S/C10H6ClNO5/c11-7-2-1-6(5-8(7)12(16)17)9(13)3-4-10(14)15/h1-5H,(H,14,15). The van der Waals surface area contributed by atoms with Crippen molar-refractivity contribution in [2.75, 3.05) is 0 Å². The maximum Gasteiger partial charge on any atom is 0.328 e. The molecule has 1 rings (SSSR count). The van der Waals surface area contributed by atoms with E-state index >= 15 is 0 Å². The highest BCUT2D eigenvalue weighted by molar-refractivity contribution is 6.32. The van der Waals surface area contributed by atoms with Crippen LogP contribution in [0.2, 0.25) is 5.02 Å². The van der Waals surface area contributed by atoms with E-state index < -0.39 is 22.4 Å². The van der Waals surface area contributed by atoms with Crippen molar-refractivity contribution < 1.29 is 19.6 Å². The SMILES string of the molecule is O=C(O)C=CC(=O)c1ccc(Cl)c([N+](=O)[O-])c1. The van der Waals surface area contributed by atoms with Crippen LogP contribution in [0.15, 0.2) is 30.4 Å². The quantitative estimate of drug-likeness (QED) is 0.384. The van der Waals surface area contributed by atoms with Crippen LogP contribution in [0.4, 0.5) is 5.69 Å². The number of ketones is 1. The maximum absolute atomic E-state index is 11.4. The number of halogens is 1. The Kier molecular flexibility index (Phi) is 3.95. The third-order valence-corrected chi connectivity index (χ3v) is 2.12. The van der Waals surface area contributed by atoms with E-state index in [1.807, 2.05) is 0 Å². The van der Waals surface area contributed by atoms with Crippen LogP contribution < -0.4 is 0 Å². The lowest BCUT2D eigenvalue weighted by atomic mass is 10.1. The zero-order valence-corrected chi connectivity index (χ0v) is 9.05. The van der Waals surface area contributed by atoms with Crippen LogP contribution in [0.1, 0.15) is 10.4 Å². The van der Waals surface area contributed by atoms with Gasteiger partial charge in [0.05, 0.1) is 4.92 Å². The lowest BCUT2D eigenvalue weighted by Crippen LogP contribution is -1.98. The molecule has 0 saturated carbocycles. The molecule has 0 aliphatic rings. The Morgan fingerprint density at radius 2 is 2.00 bits per heavy atom. The highest BCUT2D eigenvalue weighted by atomic mass is 35.5. The van der Waals surface area contributed by atoms with E-state index in [2.05, 4.69) is 0 Å². The van der Waals surface area contributed by atoms with Gasteiger partial charge in [0, 0.05) is 17.7 Å². The predicted octanol–water partition coefficient (Wildman–Crippen LogP) is 2.07. The summed E-state index contributed by atoms with van der Waals surface area (Å²) >= 11 is 5.56. The lowest BCUT2D eigenvalue weighted by molar-refractivity contribution is -0.384. The Morgan fingerprint density at radius 1 is 1.35 bits per heavy atom. The minimum Gasteiger partial charge on any atom is -0.478 e. The number of benzene rings is 1. The summed E-state index contributed by atoms with van der Waals surface area (Å²) in [6.45, 7) is 0. The summed E-state index contributed by atoms with van der Waals surface area (Å²) in [5, 5.41) is 18.8. The summed E-state index contributed by atoms with van der Waals surface area (Å²) in [6, 6.07) is 3.49.